The molecule has 0 aliphatic carbocycles. The fourth-order valence-corrected chi connectivity index (χ4v) is 5.22. The number of halogens is 1. The van der Waals surface area contributed by atoms with E-state index in [0.29, 0.717) is 40.5 Å². The second kappa shape index (κ2) is 12.3. The molecule has 2 heterocycles. The van der Waals surface area contributed by atoms with Crippen molar-refractivity contribution in [3.8, 4) is 0 Å². The first-order valence-corrected chi connectivity index (χ1v) is 14.0. The van der Waals surface area contributed by atoms with Crippen molar-refractivity contribution in [2.24, 2.45) is 0 Å². The van der Waals surface area contributed by atoms with Crippen LogP contribution in [0, 0.1) is 6.92 Å². The summed E-state index contributed by atoms with van der Waals surface area (Å²) in [4.78, 5) is 28.5. The van der Waals surface area contributed by atoms with Crippen molar-refractivity contribution in [2.75, 3.05) is 24.5 Å². The van der Waals surface area contributed by atoms with Crippen LogP contribution in [-0.4, -0.2) is 44.7 Å². The maximum absolute atomic E-state index is 13.4. The summed E-state index contributed by atoms with van der Waals surface area (Å²) in [5.41, 5.74) is 3.81. The van der Waals surface area contributed by atoms with Crippen molar-refractivity contribution in [2.45, 2.75) is 39.7 Å². The van der Waals surface area contributed by atoms with Crippen molar-refractivity contribution >= 4 is 39.9 Å². The van der Waals surface area contributed by atoms with Gasteiger partial charge in [-0.2, -0.15) is 0 Å². The van der Waals surface area contributed by atoms with E-state index < -0.39 is 0 Å². The highest BCUT2D eigenvalue weighted by atomic mass is 35.5. The minimum Gasteiger partial charge on any atom is -0.372 e. The first-order valence-electron chi connectivity index (χ1n) is 13.6. The number of aromatic nitrogens is 4. The number of benzene rings is 3. The van der Waals surface area contributed by atoms with Crippen molar-refractivity contribution < 1.29 is 4.79 Å². The Balaban J connectivity index is 1.28. The second-order valence-corrected chi connectivity index (χ2v) is 10.3. The van der Waals surface area contributed by atoms with Crippen LogP contribution >= 0.6 is 11.6 Å². The summed E-state index contributed by atoms with van der Waals surface area (Å²) in [7, 11) is 0. The molecule has 2 aromatic heterocycles. The number of carbonyl (C=O) groups excluding carboxylic acids is 1. The number of rotatable bonds is 11. The normalized spacial score (nSPS) is 11.3. The molecule has 0 saturated heterocycles. The summed E-state index contributed by atoms with van der Waals surface area (Å²) < 4.78 is 3.47. The van der Waals surface area contributed by atoms with Crippen LogP contribution in [-0.2, 0) is 17.8 Å². The second-order valence-electron chi connectivity index (χ2n) is 9.87. The quantitative estimate of drug-likeness (QED) is 0.231. The van der Waals surface area contributed by atoms with Crippen molar-refractivity contribution in [3.05, 3.63) is 105 Å². The van der Waals surface area contributed by atoms with Gasteiger partial charge in [-0.25, -0.2) is 0 Å². The highest BCUT2D eigenvalue weighted by molar-refractivity contribution is 6.31. The molecule has 0 aliphatic rings. The van der Waals surface area contributed by atoms with Crippen LogP contribution in [0.1, 0.15) is 36.7 Å². The van der Waals surface area contributed by atoms with Gasteiger partial charge in [0.05, 0.1) is 17.4 Å². The number of fused-ring (bicyclic) bond motifs is 3. The zero-order valence-electron chi connectivity index (χ0n) is 22.8. The van der Waals surface area contributed by atoms with Gasteiger partial charge < -0.3 is 10.2 Å². The number of aryl methyl sites for hydroxylation is 2. The Bertz CT molecular complexity index is 1710. The topological polar surface area (TPSA) is 84.5 Å². The van der Waals surface area contributed by atoms with E-state index in [4.69, 9.17) is 11.6 Å². The van der Waals surface area contributed by atoms with E-state index >= 15 is 0 Å². The van der Waals surface area contributed by atoms with Gasteiger partial charge in [0.25, 0.3) is 5.56 Å². The van der Waals surface area contributed by atoms with Crippen LogP contribution < -0.4 is 15.8 Å². The van der Waals surface area contributed by atoms with E-state index in [0.717, 1.165) is 25.1 Å². The average Bonchev–Trinajstić information content (AvgIpc) is 3.39. The Morgan fingerprint density at radius 1 is 1.02 bits per heavy atom. The van der Waals surface area contributed by atoms with E-state index in [9.17, 15) is 9.59 Å². The Labute approximate surface area is 238 Å². The van der Waals surface area contributed by atoms with Gasteiger partial charge in [0.15, 0.2) is 0 Å². The number of nitrogens with one attached hydrogen (secondary N) is 1. The van der Waals surface area contributed by atoms with Gasteiger partial charge in [0.1, 0.15) is 5.82 Å². The van der Waals surface area contributed by atoms with Gasteiger partial charge in [-0.1, -0.05) is 54.1 Å². The molecule has 206 valence electrons. The molecule has 0 radical (unpaired) electrons. The van der Waals surface area contributed by atoms with E-state index in [-0.39, 0.29) is 24.4 Å². The van der Waals surface area contributed by atoms with Gasteiger partial charge in [-0.05, 0) is 61.7 Å². The monoisotopic (exact) mass is 556 g/mol. The van der Waals surface area contributed by atoms with Crippen molar-refractivity contribution in [1.82, 2.24) is 24.5 Å². The lowest BCUT2D eigenvalue weighted by molar-refractivity contribution is -0.121. The molecule has 5 aromatic rings. The summed E-state index contributed by atoms with van der Waals surface area (Å²) >= 11 is 6.40. The number of hydrogen-bond acceptors (Lipinski definition) is 5. The first kappa shape index (κ1) is 27.4. The predicted octanol–water partition coefficient (Wildman–Crippen LogP) is 5.02. The number of para-hydroxylation sites is 1. The molecule has 0 fully saturated rings. The van der Waals surface area contributed by atoms with E-state index in [1.165, 1.54) is 11.3 Å². The minimum absolute atomic E-state index is 0.0379. The van der Waals surface area contributed by atoms with E-state index in [1.807, 2.05) is 40.8 Å². The lowest BCUT2D eigenvalue weighted by Gasteiger charge is -2.23. The van der Waals surface area contributed by atoms with Crippen LogP contribution in [0.3, 0.4) is 0 Å². The fraction of sp³-hybridized carbons (Fsp3) is 0.290. The molecule has 40 heavy (non-hydrogen) atoms. The van der Waals surface area contributed by atoms with Crippen LogP contribution in [0.4, 0.5) is 5.69 Å². The zero-order valence-corrected chi connectivity index (χ0v) is 23.6. The number of amides is 1. The molecular formula is C31H33ClN6O2. The highest BCUT2D eigenvalue weighted by Crippen LogP contribution is 2.20. The largest absolute Gasteiger partial charge is 0.372 e. The lowest BCUT2D eigenvalue weighted by atomic mass is 10.2. The molecule has 3 aromatic carbocycles. The number of nitrogens with zero attached hydrogens (tertiary/aromatic N) is 5. The summed E-state index contributed by atoms with van der Waals surface area (Å²) in [5.74, 6) is 1.02. The van der Waals surface area contributed by atoms with E-state index in [1.54, 1.807) is 16.7 Å². The highest BCUT2D eigenvalue weighted by Gasteiger charge is 2.18. The summed E-state index contributed by atoms with van der Waals surface area (Å²) in [6, 6.07) is 23.3. The third-order valence-corrected chi connectivity index (χ3v) is 7.48. The minimum atomic E-state index is -0.161. The van der Waals surface area contributed by atoms with Crippen LogP contribution in [0.25, 0.3) is 16.7 Å². The molecule has 1 N–H and O–H groups in total. The van der Waals surface area contributed by atoms with Gasteiger partial charge in [0.2, 0.25) is 11.7 Å². The first-order chi connectivity index (χ1) is 19.5. The Kier molecular flexibility index (Phi) is 8.45. The summed E-state index contributed by atoms with van der Waals surface area (Å²) in [6.07, 6.45) is 1.51. The van der Waals surface area contributed by atoms with Gasteiger partial charge >= 0.3 is 0 Å². The Morgan fingerprint density at radius 2 is 1.82 bits per heavy atom. The summed E-state index contributed by atoms with van der Waals surface area (Å²) in [5, 5.41) is 12.9. The zero-order chi connectivity index (χ0) is 28.1. The number of anilines is 1. The maximum Gasteiger partial charge on any atom is 0.263 e. The lowest BCUT2D eigenvalue weighted by Crippen LogP contribution is -2.30. The Morgan fingerprint density at radius 3 is 2.62 bits per heavy atom. The molecule has 0 spiro atoms. The van der Waals surface area contributed by atoms with Crippen molar-refractivity contribution in [3.63, 3.8) is 0 Å². The molecule has 0 unspecified atom stereocenters. The maximum atomic E-state index is 13.4. The predicted molar refractivity (Wildman–Crippen MR) is 160 cm³/mol. The van der Waals surface area contributed by atoms with Gasteiger partial charge in [-0.15, -0.1) is 10.2 Å². The molecule has 1 amide bonds. The van der Waals surface area contributed by atoms with Crippen LogP contribution in [0.2, 0.25) is 5.02 Å². The molecule has 5 rings (SSSR count). The molecule has 0 bridgehead atoms. The van der Waals surface area contributed by atoms with Crippen LogP contribution in [0.15, 0.2) is 77.6 Å². The molecule has 8 nitrogen and oxygen atoms in total. The Hall–Kier alpha value is -4.17. The smallest absolute Gasteiger partial charge is 0.263 e. The standard InChI is InChI=1S/C31H33ClN6O2/c1-3-36(24-12-8-10-22(2)20-24)19-9-18-33-29(39)17-16-28-34-35-31-37(21-23-11-4-6-14-26(23)32)30(40)25-13-5-7-15-27(25)38(28)31/h4-8,10-15,20H,3,9,16-19,21H2,1-2H3,(H,33,39). The number of hydrogen-bond donors (Lipinski definition) is 1. The SMILES string of the molecule is CCN(CCCNC(=O)CCc1nnc2n(Cc3ccccc3Cl)c(=O)c3ccccc3n12)c1cccc(C)c1. The fourth-order valence-electron chi connectivity index (χ4n) is 5.02. The molecule has 0 atom stereocenters. The van der Waals surface area contributed by atoms with Gasteiger partial charge in [-0.3, -0.25) is 18.6 Å². The van der Waals surface area contributed by atoms with E-state index in [2.05, 4.69) is 58.5 Å². The summed E-state index contributed by atoms with van der Waals surface area (Å²) in [6.45, 7) is 6.88. The molecular weight excluding hydrogens is 524 g/mol. The third-order valence-electron chi connectivity index (χ3n) is 7.11. The average molecular weight is 557 g/mol. The van der Waals surface area contributed by atoms with Crippen molar-refractivity contribution in [1.29, 1.82) is 0 Å². The molecule has 0 aliphatic heterocycles. The number of carbonyl (C=O) groups is 1. The molecule has 0 saturated carbocycles. The van der Waals surface area contributed by atoms with Crippen LogP contribution in [0.5, 0.6) is 0 Å². The molecule has 9 heteroatoms. The van der Waals surface area contributed by atoms with Gasteiger partial charge in [0, 0.05) is 43.2 Å². The third kappa shape index (κ3) is 5.87.